The van der Waals surface area contributed by atoms with Crippen molar-refractivity contribution in [2.24, 2.45) is 11.3 Å². The Morgan fingerprint density at radius 2 is 1.58 bits per heavy atom. The van der Waals surface area contributed by atoms with E-state index in [0.29, 0.717) is 0 Å². The van der Waals surface area contributed by atoms with Crippen LogP contribution in [0.3, 0.4) is 0 Å². The number of rotatable bonds is 9. The number of ether oxygens (including phenoxy) is 2. The van der Waals surface area contributed by atoms with Gasteiger partial charge >= 0.3 is 11.9 Å². The van der Waals surface area contributed by atoms with E-state index in [-0.39, 0.29) is 30.1 Å². The summed E-state index contributed by atoms with van der Waals surface area (Å²) in [5, 5.41) is 0.0301. The third kappa shape index (κ3) is 7.87. The molecule has 0 aromatic rings. The number of hydrogen-bond donors (Lipinski definition) is 0. The zero-order chi connectivity index (χ0) is 20.8. The summed E-state index contributed by atoms with van der Waals surface area (Å²) in [4.78, 5) is 23.8. The van der Waals surface area contributed by atoms with Crippen LogP contribution in [0.15, 0.2) is 25.3 Å². The third-order valence-corrected chi connectivity index (χ3v) is 9.15. The second-order valence-corrected chi connectivity index (χ2v) is 13.8. The Kier molecular flexibility index (Phi) is 9.00. The molecule has 0 aromatic heterocycles. The molecule has 0 saturated heterocycles. The van der Waals surface area contributed by atoms with Crippen LogP contribution in [0.2, 0.25) is 18.1 Å². The average molecular weight is 385 g/mol. The fraction of sp³-hybridized carbons (Fsp3) is 0.700. The third-order valence-electron chi connectivity index (χ3n) is 4.65. The van der Waals surface area contributed by atoms with Crippen LogP contribution in [-0.2, 0) is 23.5 Å². The molecular formula is C20H36O5Si. The first-order chi connectivity index (χ1) is 11.7. The van der Waals surface area contributed by atoms with Gasteiger partial charge in [0, 0.05) is 6.08 Å². The molecule has 0 aliphatic heterocycles. The Morgan fingerprint density at radius 1 is 1.04 bits per heavy atom. The molecule has 0 radical (unpaired) electrons. The maximum absolute atomic E-state index is 12.0. The molecule has 0 aromatic carbocycles. The van der Waals surface area contributed by atoms with Gasteiger partial charge in [-0.1, -0.05) is 33.4 Å². The van der Waals surface area contributed by atoms with E-state index in [9.17, 15) is 9.59 Å². The van der Waals surface area contributed by atoms with Gasteiger partial charge in [-0.2, -0.15) is 0 Å². The van der Waals surface area contributed by atoms with Crippen LogP contribution in [-0.4, -0.2) is 39.6 Å². The first kappa shape index (κ1) is 24.6. The van der Waals surface area contributed by atoms with Crippen molar-refractivity contribution in [1.82, 2.24) is 0 Å². The Hall–Kier alpha value is -1.40. The predicted molar refractivity (Wildman–Crippen MR) is 107 cm³/mol. The van der Waals surface area contributed by atoms with Gasteiger partial charge in [-0.05, 0) is 38.9 Å². The van der Waals surface area contributed by atoms with Crippen LogP contribution in [0.25, 0.3) is 0 Å². The molecule has 0 fully saturated rings. The van der Waals surface area contributed by atoms with Crippen LogP contribution < -0.4 is 0 Å². The summed E-state index contributed by atoms with van der Waals surface area (Å²) >= 11 is 0. The highest BCUT2D eigenvalue weighted by molar-refractivity contribution is 6.74. The molecule has 0 heterocycles. The van der Waals surface area contributed by atoms with Crippen molar-refractivity contribution in [3.05, 3.63) is 25.3 Å². The van der Waals surface area contributed by atoms with Crippen molar-refractivity contribution in [3.8, 4) is 0 Å². The molecule has 0 aliphatic carbocycles. The molecule has 0 spiro atoms. The van der Waals surface area contributed by atoms with Crippen LogP contribution in [0.4, 0.5) is 0 Å². The van der Waals surface area contributed by atoms with Crippen LogP contribution >= 0.6 is 0 Å². The molecule has 26 heavy (non-hydrogen) atoms. The van der Waals surface area contributed by atoms with Crippen LogP contribution in [0.5, 0.6) is 0 Å². The molecule has 0 aliphatic rings. The maximum atomic E-state index is 12.0. The Bertz CT molecular complexity index is 511. The quantitative estimate of drug-likeness (QED) is 0.253. The highest BCUT2D eigenvalue weighted by Crippen LogP contribution is 2.37. The Labute approximate surface area is 159 Å². The minimum Gasteiger partial charge on any atom is -0.465 e. The normalized spacial score (nSPS) is 14.9. The lowest BCUT2D eigenvalue weighted by atomic mass is 9.97. The van der Waals surface area contributed by atoms with Crippen molar-refractivity contribution in [2.75, 3.05) is 13.2 Å². The van der Waals surface area contributed by atoms with Crippen LogP contribution in [0, 0.1) is 11.3 Å². The zero-order valence-corrected chi connectivity index (χ0v) is 18.7. The predicted octanol–water partition coefficient (Wildman–Crippen LogP) is 4.50. The van der Waals surface area contributed by atoms with Crippen molar-refractivity contribution < 1.29 is 23.5 Å². The standard InChI is InChI=1S/C20H36O5Si/c1-11-15(13-23-18(22)19(3,4)5)16(25-17(21)12-2)14-24-26(9,10)20(6,7)8/h11-12,15-16H,1-2,13-14H2,3-10H3/t15-,16-/m1/s1. The van der Waals surface area contributed by atoms with Crippen molar-refractivity contribution >= 4 is 20.3 Å². The molecule has 0 bridgehead atoms. The summed E-state index contributed by atoms with van der Waals surface area (Å²) in [6.45, 7) is 23.6. The Balaban J connectivity index is 5.19. The lowest BCUT2D eigenvalue weighted by molar-refractivity contribution is -0.157. The maximum Gasteiger partial charge on any atom is 0.330 e. The van der Waals surface area contributed by atoms with E-state index in [1.807, 2.05) is 0 Å². The summed E-state index contributed by atoms with van der Waals surface area (Å²) in [5.41, 5.74) is -0.601. The topological polar surface area (TPSA) is 61.8 Å². The van der Waals surface area contributed by atoms with E-state index in [0.717, 1.165) is 6.08 Å². The minimum absolute atomic E-state index is 0.0301. The van der Waals surface area contributed by atoms with Gasteiger partial charge in [0.25, 0.3) is 0 Å². The molecule has 0 rings (SSSR count). The highest BCUT2D eigenvalue weighted by Gasteiger charge is 2.39. The van der Waals surface area contributed by atoms with Gasteiger partial charge in [0.1, 0.15) is 12.7 Å². The van der Waals surface area contributed by atoms with Gasteiger partial charge < -0.3 is 13.9 Å². The second kappa shape index (κ2) is 9.51. The smallest absolute Gasteiger partial charge is 0.330 e. The van der Waals surface area contributed by atoms with E-state index >= 15 is 0 Å². The van der Waals surface area contributed by atoms with Crippen molar-refractivity contribution in [2.45, 2.75) is 65.8 Å². The van der Waals surface area contributed by atoms with E-state index in [4.69, 9.17) is 13.9 Å². The van der Waals surface area contributed by atoms with E-state index in [2.05, 4.69) is 47.0 Å². The SMILES string of the molecule is C=CC(=O)O[C@H](CO[Si](C)(C)C(C)(C)C)[C@H](C=C)COC(=O)C(C)(C)C. The lowest BCUT2D eigenvalue weighted by Crippen LogP contribution is -2.45. The summed E-state index contributed by atoms with van der Waals surface area (Å²) in [5.74, 6) is -1.22. The first-order valence-electron chi connectivity index (χ1n) is 8.92. The van der Waals surface area contributed by atoms with Crippen molar-refractivity contribution in [1.29, 1.82) is 0 Å². The van der Waals surface area contributed by atoms with Gasteiger partial charge in [0.15, 0.2) is 8.32 Å². The largest absolute Gasteiger partial charge is 0.465 e. The molecule has 150 valence electrons. The van der Waals surface area contributed by atoms with Crippen LogP contribution in [0.1, 0.15) is 41.5 Å². The summed E-state index contributed by atoms with van der Waals surface area (Å²) in [6, 6.07) is 0. The van der Waals surface area contributed by atoms with E-state index in [1.165, 1.54) is 0 Å². The van der Waals surface area contributed by atoms with Crippen molar-refractivity contribution in [3.63, 3.8) is 0 Å². The molecule has 6 heteroatoms. The van der Waals surface area contributed by atoms with Gasteiger partial charge in [-0.3, -0.25) is 4.79 Å². The zero-order valence-electron chi connectivity index (χ0n) is 17.7. The summed E-state index contributed by atoms with van der Waals surface area (Å²) < 4.78 is 17.0. The molecule has 0 saturated carbocycles. The Morgan fingerprint density at radius 3 is 1.96 bits per heavy atom. The van der Waals surface area contributed by atoms with Gasteiger partial charge in [-0.25, -0.2) is 4.79 Å². The lowest BCUT2D eigenvalue weighted by Gasteiger charge is -2.37. The molecule has 0 amide bonds. The minimum atomic E-state index is -2.02. The highest BCUT2D eigenvalue weighted by atomic mass is 28.4. The molecule has 0 N–H and O–H groups in total. The first-order valence-corrected chi connectivity index (χ1v) is 11.8. The fourth-order valence-electron chi connectivity index (χ4n) is 1.66. The van der Waals surface area contributed by atoms with Gasteiger partial charge in [-0.15, -0.1) is 6.58 Å². The average Bonchev–Trinajstić information content (AvgIpc) is 2.50. The molecular weight excluding hydrogens is 348 g/mol. The summed E-state index contributed by atoms with van der Waals surface area (Å²) in [7, 11) is -2.02. The molecule has 2 atom stereocenters. The number of hydrogen-bond acceptors (Lipinski definition) is 5. The monoisotopic (exact) mass is 384 g/mol. The fourth-order valence-corrected chi connectivity index (χ4v) is 2.68. The van der Waals surface area contributed by atoms with E-state index < -0.39 is 25.8 Å². The molecule has 5 nitrogen and oxygen atoms in total. The van der Waals surface area contributed by atoms with Gasteiger partial charge in [0.05, 0.1) is 17.9 Å². The molecule has 0 unspecified atom stereocenters. The van der Waals surface area contributed by atoms with Gasteiger partial charge in [0.2, 0.25) is 0 Å². The number of carbonyl (C=O) groups is 2. The number of carbonyl (C=O) groups excluding carboxylic acids is 2. The number of esters is 2. The summed E-state index contributed by atoms with van der Waals surface area (Å²) in [6.07, 6.45) is 2.15. The van der Waals surface area contributed by atoms with E-state index in [1.54, 1.807) is 26.8 Å². The second-order valence-electron chi connectivity index (χ2n) is 9.00.